The summed E-state index contributed by atoms with van der Waals surface area (Å²) >= 11 is 5.97. The van der Waals surface area contributed by atoms with Crippen LogP contribution in [0.1, 0.15) is 23.5 Å². The van der Waals surface area contributed by atoms with Crippen molar-refractivity contribution >= 4 is 11.6 Å². The van der Waals surface area contributed by atoms with Crippen LogP contribution in [0.25, 0.3) is 11.1 Å². The van der Waals surface area contributed by atoms with Crippen LogP contribution in [0.3, 0.4) is 0 Å². The Kier molecular flexibility index (Phi) is 3.63. The summed E-state index contributed by atoms with van der Waals surface area (Å²) in [6.07, 6.45) is 0.871. The number of nitrogens with zero attached hydrogens (tertiary/aromatic N) is 1. The van der Waals surface area contributed by atoms with E-state index in [2.05, 4.69) is 42.5 Å². The van der Waals surface area contributed by atoms with Crippen molar-refractivity contribution in [2.45, 2.75) is 17.8 Å². The molecule has 0 heterocycles. The molecule has 3 aromatic carbocycles. The Labute approximate surface area is 147 Å². The normalized spacial score (nSPS) is 21.9. The highest BCUT2D eigenvalue weighted by Crippen LogP contribution is 2.60. The molecule has 0 amide bonds. The van der Waals surface area contributed by atoms with Crippen molar-refractivity contribution in [3.05, 3.63) is 95.0 Å². The molecule has 0 N–H and O–H groups in total. The number of halogens is 1. The maximum Gasteiger partial charge on any atom is 0.0897 e. The van der Waals surface area contributed by atoms with Gasteiger partial charge in [-0.3, -0.25) is 0 Å². The van der Waals surface area contributed by atoms with Crippen LogP contribution in [-0.2, 0) is 5.41 Å². The molecule has 1 saturated carbocycles. The first kappa shape index (κ1) is 15.0. The second-order valence-corrected chi connectivity index (χ2v) is 6.77. The fraction of sp³-hybridized carbons (Fsp3) is 0.136. The summed E-state index contributed by atoms with van der Waals surface area (Å²) in [5, 5.41) is 10.5. The Hall–Kier alpha value is -2.56. The summed E-state index contributed by atoms with van der Waals surface area (Å²) in [6, 6.07) is 29.2. The van der Waals surface area contributed by atoms with E-state index in [1.165, 1.54) is 16.7 Å². The molecule has 116 valence electrons. The van der Waals surface area contributed by atoms with E-state index in [-0.39, 0.29) is 5.92 Å². The van der Waals surface area contributed by atoms with Gasteiger partial charge in [-0.05, 0) is 40.8 Å². The summed E-state index contributed by atoms with van der Waals surface area (Å²) < 4.78 is 0. The van der Waals surface area contributed by atoms with E-state index in [4.69, 9.17) is 11.6 Å². The Bertz CT molecular complexity index is 891. The Morgan fingerprint density at radius 3 is 2.08 bits per heavy atom. The molecule has 1 fully saturated rings. The van der Waals surface area contributed by atoms with E-state index in [1.807, 2.05) is 42.5 Å². The van der Waals surface area contributed by atoms with Gasteiger partial charge in [0.25, 0.3) is 0 Å². The van der Waals surface area contributed by atoms with Crippen molar-refractivity contribution in [2.24, 2.45) is 0 Å². The van der Waals surface area contributed by atoms with Gasteiger partial charge in [-0.2, -0.15) is 5.26 Å². The van der Waals surface area contributed by atoms with Gasteiger partial charge in [-0.1, -0.05) is 78.3 Å². The highest BCUT2D eigenvalue weighted by molar-refractivity contribution is 6.30. The number of benzene rings is 3. The van der Waals surface area contributed by atoms with E-state index >= 15 is 0 Å². The van der Waals surface area contributed by atoms with Gasteiger partial charge in [-0.25, -0.2) is 0 Å². The minimum absolute atomic E-state index is 0.258. The summed E-state index contributed by atoms with van der Waals surface area (Å²) in [6.45, 7) is 0. The third-order valence-electron chi connectivity index (χ3n) is 4.94. The summed E-state index contributed by atoms with van der Waals surface area (Å²) in [5.41, 5.74) is 4.30. The van der Waals surface area contributed by atoms with Crippen LogP contribution in [0.2, 0.25) is 5.02 Å². The second-order valence-electron chi connectivity index (χ2n) is 6.33. The first-order valence-corrected chi connectivity index (χ1v) is 8.43. The number of hydrogen-bond acceptors (Lipinski definition) is 1. The van der Waals surface area contributed by atoms with Gasteiger partial charge in [-0.15, -0.1) is 0 Å². The molecule has 3 aromatic rings. The molecule has 2 heteroatoms. The average Bonchev–Trinajstić information content (AvgIpc) is 3.39. The van der Waals surface area contributed by atoms with Crippen molar-refractivity contribution in [2.75, 3.05) is 0 Å². The molecule has 24 heavy (non-hydrogen) atoms. The first-order chi connectivity index (χ1) is 11.7. The van der Waals surface area contributed by atoms with Crippen molar-refractivity contribution in [3.8, 4) is 17.2 Å². The van der Waals surface area contributed by atoms with Gasteiger partial charge in [0.1, 0.15) is 0 Å². The average molecular weight is 330 g/mol. The van der Waals surface area contributed by atoms with E-state index in [0.717, 1.165) is 12.0 Å². The molecule has 4 rings (SSSR count). The zero-order valence-electron chi connectivity index (χ0n) is 13.1. The Morgan fingerprint density at radius 1 is 0.833 bits per heavy atom. The quantitative estimate of drug-likeness (QED) is 0.582. The van der Waals surface area contributed by atoms with Crippen molar-refractivity contribution < 1.29 is 0 Å². The molecular weight excluding hydrogens is 314 g/mol. The SMILES string of the molecule is N#CC1(c2ccc(Cl)cc2)CC1c1ccc(-c2ccccc2)cc1. The lowest BCUT2D eigenvalue weighted by atomic mass is 9.91. The molecule has 0 radical (unpaired) electrons. The Balaban J connectivity index is 1.61. The number of rotatable bonds is 3. The predicted octanol–water partition coefficient (Wildman–Crippen LogP) is 5.96. The molecule has 0 saturated heterocycles. The van der Waals surface area contributed by atoms with Gasteiger partial charge < -0.3 is 0 Å². The standard InChI is InChI=1S/C22H16ClN/c23-20-12-10-19(11-13-20)22(15-24)14-21(22)18-8-6-17(7-9-18)16-4-2-1-3-5-16/h1-13,21H,14H2. The third-order valence-corrected chi connectivity index (χ3v) is 5.19. The van der Waals surface area contributed by atoms with Crippen LogP contribution >= 0.6 is 11.6 Å². The zero-order valence-corrected chi connectivity index (χ0v) is 13.9. The third kappa shape index (κ3) is 2.50. The molecule has 0 aromatic heterocycles. The maximum atomic E-state index is 9.76. The molecule has 0 spiro atoms. The van der Waals surface area contributed by atoms with Crippen LogP contribution in [-0.4, -0.2) is 0 Å². The molecule has 2 atom stereocenters. The van der Waals surface area contributed by atoms with Crippen LogP contribution in [0.4, 0.5) is 0 Å². The molecule has 2 unspecified atom stereocenters. The summed E-state index contributed by atoms with van der Waals surface area (Å²) in [7, 11) is 0. The lowest BCUT2D eigenvalue weighted by Gasteiger charge is -2.10. The number of hydrogen-bond donors (Lipinski definition) is 0. The molecule has 1 aliphatic rings. The maximum absolute atomic E-state index is 9.76. The first-order valence-electron chi connectivity index (χ1n) is 8.06. The monoisotopic (exact) mass is 329 g/mol. The van der Waals surface area contributed by atoms with E-state index in [9.17, 15) is 5.26 Å². The minimum atomic E-state index is -0.404. The summed E-state index contributed by atoms with van der Waals surface area (Å²) in [4.78, 5) is 0. The highest BCUT2D eigenvalue weighted by Gasteiger charge is 2.56. The van der Waals surface area contributed by atoms with E-state index in [0.29, 0.717) is 5.02 Å². The van der Waals surface area contributed by atoms with Crippen molar-refractivity contribution in [1.29, 1.82) is 5.26 Å². The van der Waals surface area contributed by atoms with Crippen molar-refractivity contribution in [3.63, 3.8) is 0 Å². The van der Waals surface area contributed by atoms with Crippen molar-refractivity contribution in [1.82, 2.24) is 0 Å². The largest absolute Gasteiger partial charge is 0.197 e. The van der Waals surface area contributed by atoms with Gasteiger partial charge in [0.2, 0.25) is 0 Å². The highest BCUT2D eigenvalue weighted by atomic mass is 35.5. The van der Waals surface area contributed by atoms with Gasteiger partial charge in [0, 0.05) is 10.9 Å². The smallest absolute Gasteiger partial charge is 0.0897 e. The topological polar surface area (TPSA) is 23.8 Å². The van der Waals surface area contributed by atoms with Gasteiger partial charge in [0.05, 0.1) is 11.5 Å². The lowest BCUT2D eigenvalue weighted by molar-refractivity contribution is 0.856. The van der Waals surface area contributed by atoms with Gasteiger partial charge >= 0.3 is 0 Å². The lowest BCUT2D eigenvalue weighted by Crippen LogP contribution is -2.06. The molecule has 1 nitrogen and oxygen atoms in total. The molecular formula is C22H16ClN. The van der Waals surface area contributed by atoms with E-state index in [1.54, 1.807) is 0 Å². The van der Waals surface area contributed by atoms with Crippen LogP contribution in [0.5, 0.6) is 0 Å². The van der Waals surface area contributed by atoms with Crippen LogP contribution in [0, 0.1) is 11.3 Å². The molecule has 0 aliphatic heterocycles. The van der Waals surface area contributed by atoms with E-state index < -0.39 is 5.41 Å². The zero-order chi connectivity index (χ0) is 16.6. The molecule has 0 bridgehead atoms. The Morgan fingerprint density at radius 2 is 1.46 bits per heavy atom. The summed E-state index contributed by atoms with van der Waals surface area (Å²) in [5.74, 6) is 0.258. The van der Waals surface area contributed by atoms with Gasteiger partial charge in [0.15, 0.2) is 0 Å². The fourth-order valence-electron chi connectivity index (χ4n) is 3.46. The minimum Gasteiger partial charge on any atom is -0.197 e. The van der Waals surface area contributed by atoms with Crippen LogP contribution in [0.15, 0.2) is 78.9 Å². The fourth-order valence-corrected chi connectivity index (χ4v) is 3.58. The van der Waals surface area contributed by atoms with Crippen LogP contribution < -0.4 is 0 Å². The second kappa shape index (κ2) is 5.82. The number of nitriles is 1. The predicted molar refractivity (Wildman–Crippen MR) is 98.0 cm³/mol. The molecule has 1 aliphatic carbocycles.